The maximum atomic E-state index is 12.5. The quantitative estimate of drug-likeness (QED) is 0.599. The standard InChI is InChI=1S/C16H21Cl2N3O5S2/c17-13-2-1-3-14(16(13)18)19-15(22)8-21(12-5-7-28(25,26)10-12)20-11-4-6-27(23,24)9-11/h1-3,11-12,20H,4-10H2,(H,19,22). The molecule has 0 aromatic heterocycles. The number of benzene rings is 1. The Balaban J connectivity index is 1.71. The minimum absolute atomic E-state index is 0.0370. The fourth-order valence-corrected chi connectivity index (χ4v) is 7.12. The van der Waals surface area contributed by atoms with Crippen LogP contribution >= 0.6 is 23.2 Å². The van der Waals surface area contributed by atoms with Crippen LogP contribution in [0.15, 0.2) is 18.2 Å². The van der Waals surface area contributed by atoms with Gasteiger partial charge in [0.15, 0.2) is 19.7 Å². The molecule has 2 aliphatic heterocycles. The van der Waals surface area contributed by atoms with E-state index in [0.717, 1.165) is 0 Å². The van der Waals surface area contributed by atoms with Gasteiger partial charge in [-0.25, -0.2) is 21.8 Å². The van der Waals surface area contributed by atoms with Gasteiger partial charge in [-0.15, -0.1) is 0 Å². The number of hydrogen-bond donors (Lipinski definition) is 2. The lowest BCUT2D eigenvalue weighted by atomic mass is 10.2. The Kier molecular flexibility index (Phi) is 6.58. The lowest BCUT2D eigenvalue weighted by molar-refractivity contribution is -0.118. The van der Waals surface area contributed by atoms with E-state index in [4.69, 9.17) is 23.2 Å². The van der Waals surface area contributed by atoms with Crippen molar-refractivity contribution in [3.63, 3.8) is 0 Å². The molecule has 2 N–H and O–H groups in total. The van der Waals surface area contributed by atoms with Crippen LogP contribution in [-0.4, -0.2) is 69.4 Å². The Morgan fingerprint density at radius 2 is 1.75 bits per heavy atom. The summed E-state index contributed by atoms with van der Waals surface area (Å²) in [6.07, 6.45) is 0.792. The van der Waals surface area contributed by atoms with Crippen molar-refractivity contribution >= 4 is 54.5 Å². The average molecular weight is 470 g/mol. The molecule has 0 radical (unpaired) electrons. The first kappa shape index (κ1) is 21.8. The second-order valence-electron chi connectivity index (χ2n) is 7.06. The zero-order chi connectivity index (χ0) is 20.5. The van der Waals surface area contributed by atoms with E-state index in [1.165, 1.54) is 0 Å². The van der Waals surface area contributed by atoms with Crippen LogP contribution in [-0.2, 0) is 24.5 Å². The first-order chi connectivity index (χ1) is 13.0. The molecule has 0 spiro atoms. The predicted octanol–water partition coefficient (Wildman–Crippen LogP) is 1.11. The highest BCUT2D eigenvalue weighted by Gasteiger charge is 2.36. The number of sulfone groups is 2. The van der Waals surface area contributed by atoms with E-state index in [2.05, 4.69) is 10.7 Å². The van der Waals surface area contributed by atoms with Gasteiger partial charge in [-0.2, -0.15) is 0 Å². The van der Waals surface area contributed by atoms with Crippen molar-refractivity contribution < 1.29 is 21.6 Å². The van der Waals surface area contributed by atoms with Crippen molar-refractivity contribution in [1.29, 1.82) is 0 Å². The van der Waals surface area contributed by atoms with Crippen LogP contribution in [0.1, 0.15) is 12.8 Å². The summed E-state index contributed by atoms with van der Waals surface area (Å²) in [6, 6.07) is 4.09. The molecule has 0 aliphatic carbocycles. The van der Waals surface area contributed by atoms with Gasteiger partial charge in [-0.3, -0.25) is 10.2 Å². The monoisotopic (exact) mass is 469 g/mol. The predicted molar refractivity (Wildman–Crippen MR) is 109 cm³/mol. The van der Waals surface area contributed by atoms with Gasteiger partial charge >= 0.3 is 0 Å². The summed E-state index contributed by atoms with van der Waals surface area (Å²) in [4.78, 5) is 12.5. The normalized spacial score (nSPS) is 25.8. The molecule has 2 fully saturated rings. The van der Waals surface area contributed by atoms with Crippen LogP contribution in [0.2, 0.25) is 10.0 Å². The summed E-state index contributed by atoms with van der Waals surface area (Å²) in [5.41, 5.74) is 3.41. The minimum Gasteiger partial charge on any atom is -0.324 e. The molecular formula is C16H21Cl2N3O5S2. The van der Waals surface area contributed by atoms with Crippen LogP contribution in [0, 0.1) is 0 Å². The van der Waals surface area contributed by atoms with Gasteiger partial charge in [0.25, 0.3) is 0 Å². The topological polar surface area (TPSA) is 113 Å². The fraction of sp³-hybridized carbons (Fsp3) is 0.562. The van der Waals surface area contributed by atoms with Gasteiger partial charge in [-0.1, -0.05) is 29.3 Å². The molecule has 28 heavy (non-hydrogen) atoms. The first-order valence-corrected chi connectivity index (χ1v) is 13.1. The number of hydrogen-bond acceptors (Lipinski definition) is 7. The number of carbonyl (C=O) groups is 1. The van der Waals surface area contributed by atoms with Crippen molar-refractivity contribution in [3.8, 4) is 0 Å². The van der Waals surface area contributed by atoms with Crippen LogP contribution < -0.4 is 10.7 Å². The highest BCUT2D eigenvalue weighted by Crippen LogP contribution is 2.29. The molecular weight excluding hydrogens is 449 g/mol. The molecule has 2 saturated heterocycles. The Labute approximate surface area is 174 Å². The Bertz CT molecular complexity index is 968. The number of halogens is 2. The highest BCUT2D eigenvalue weighted by molar-refractivity contribution is 7.91. The van der Waals surface area contributed by atoms with Crippen molar-refractivity contribution in [2.45, 2.75) is 24.9 Å². The molecule has 3 rings (SSSR count). The summed E-state index contributed by atoms with van der Waals surface area (Å²) < 4.78 is 47.2. The largest absolute Gasteiger partial charge is 0.324 e. The van der Waals surface area contributed by atoms with E-state index >= 15 is 0 Å². The summed E-state index contributed by atoms with van der Waals surface area (Å²) in [7, 11) is -6.29. The van der Waals surface area contributed by atoms with Crippen LogP contribution in [0.5, 0.6) is 0 Å². The molecule has 0 saturated carbocycles. The third-order valence-electron chi connectivity index (χ3n) is 4.77. The summed E-state index contributed by atoms with van der Waals surface area (Å²) in [5.74, 6) is -0.413. The maximum absolute atomic E-state index is 12.5. The maximum Gasteiger partial charge on any atom is 0.240 e. The minimum atomic E-state index is -3.17. The van der Waals surface area contributed by atoms with Crippen molar-refractivity contribution in [3.05, 3.63) is 28.2 Å². The van der Waals surface area contributed by atoms with Crippen molar-refractivity contribution in [1.82, 2.24) is 10.4 Å². The molecule has 2 atom stereocenters. The lowest BCUT2D eigenvalue weighted by Crippen LogP contribution is -2.54. The lowest BCUT2D eigenvalue weighted by Gasteiger charge is -2.30. The molecule has 12 heteroatoms. The van der Waals surface area contributed by atoms with Gasteiger partial charge in [0.2, 0.25) is 5.91 Å². The Morgan fingerprint density at radius 3 is 2.36 bits per heavy atom. The summed E-state index contributed by atoms with van der Waals surface area (Å²) >= 11 is 12.0. The molecule has 156 valence electrons. The van der Waals surface area contributed by atoms with Crippen LogP contribution in [0.25, 0.3) is 0 Å². The van der Waals surface area contributed by atoms with E-state index in [0.29, 0.717) is 23.6 Å². The number of hydrazine groups is 1. The molecule has 1 amide bonds. The second-order valence-corrected chi connectivity index (χ2v) is 12.3. The number of nitrogens with one attached hydrogen (secondary N) is 2. The van der Waals surface area contributed by atoms with Gasteiger partial charge in [0, 0.05) is 12.1 Å². The molecule has 2 unspecified atom stereocenters. The number of anilines is 1. The summed E-state index contributed by atoms with van der Waals surface area (Å²) in [6.45, 7) is -0.153. The van der Waals surface area contributed by atoms with Crippen molar-refractivity contribution in [2.24, 2.45) is 0 Å². The fourth-order valence-electron chi connectivity index (χ4n) is 3.38. The van der Waals surface area contributed by atoms with Gasteiger partial charge < -0.3 is 5.32 Å². The number of rotatable bonds is 6. The Hall–Kier alpha value is -0.910. The molecule has 2 aliphatic rings. The third kappa shape index (κ3) is 5.58. The zero-order valence-corrected chi connectivity index (χ0v) is 18.0. The van der Waals surface area contributed by atoms with Gasteiger partial charge in [-0.05, 0) is 25.0 Å². The zero-order valence-electron chi connectivity index (χ0n) is 14.9. The number of amides is 1. The van der Waals surface area contributed by atoms with Crippen molar-refractivity contribution in [2.75, 3.05) is 34.9 Å². The second kappa shape index (κ2) is 8.45. The molecule has 2 heterocycles. The van der Waals surface area contributed by atoms with E-state index in [1.54, 1.807) is 23.2 Å². The van der Waals surface area contributed by atoms with Crippen LogP contribution in [0.4, 0.5) is 5.69 Å². The van der Waals surface area contributed by atoms with E-state index in [-0.39, 0.29) is 40.6 Å². The number of carbonyl (C=O) groups excluding carboxylic acids is 1. The smallest absolute Gasteiger partial charge is 0.240 e. The highest BCUT2D eigenvalue weighted by atomic mass is 35.5. The van der Waals surface area contributed by atoms with E-state index in [1.807, 2.05) is 0 Å². The number of nitrogens with zero attached hydrogens (tertiary/aromatic N) is 1. The molecule has 8 nitrogen and oxygen atoms in total. The first-order valence-electron chi connectivity index (χ1n) is 8.72. The third-order valence-corrected chi connectivity index (χ3v) is 9.11. The Morgan fingerprint density at radius 1 is 1.07 bits per heavy atom. The molecule has 0 bridgehead atoms. The SMILES string of the molecule is O=C(CN(NC1CCS(=O)(=O)C1)C1CCS(=O)(=O)C1)Nc1cccc(Cl)c1Cl. The van der Waals surface area contributed by atoms with Gasteiger partial charge in [0.05, 0.1) is 45.3 Å². The van der Waals surface area contributed by atoms with E-state index < -0.39 is 31.6 Å². The summed E-state index contributed by atoms with van der Waals surface area (Å²) in [5, 5.41) is 4.72. The molecule has 1 aromatic rings. The van der Waals surface area contributed by atoms with E-state index in [9.17, 15) is 21.6 Å². The average Bonchev–Trinajstić information content (AvgIpc) is 3.12. The van der Waals surface area contributed by atoms with Gasteiger partial charge in [0.1, 0.15) is 0 Å². The van der Waals surface area contributed by atoms with Crippen LogP contribution in [0.3, 0.4) is 0 Å². The molecule has 1 aromatic carbocycles.